The molecule has 0 radical (unpaired) electrons. The van der Waals surface area contributed by atoms with E-state index in [0.29, 0.717) is 18.9 Å². The maximum Gasteiger partial charge on any atom is 0.146 e. The SMILES string of the molecule is CCN(CCO)Cc1nc(N)c2c3c(sc2n1)CCCC3. The van der Waals surface area contributed by atoms with E-state index in [0.717, 1.165) is 35.4 Å². The number of likely N-dealkylation sites (N-methyl/N-ethyl adjacent to an activating group) is 1. The van der Waals surface area contributed by atoms with Crippen LogP contribution in [0.4, 0.5) is 5.82 Å². The van der Waals surface area contributed by atoms with Crippen molar-refractivity contribution in [2.24, 2.45) is 0 Å². The number of fused-ring (bicyclic) bond motifs is 3. The van der Waals surface area contributed by atoms with Crippen LogP contribution in [0.2, 0.25) is 0 Å². The summed E-state index contributed by atoms with van der Waals surface area (Å²) >= 11 is 1.78. The van der Waals surface area contributed by atoms with Crippen LogP contribution in [0.25, 0.3) is 10.2 Å². The van der Waals surface area contributed by atoms with Crippen molar-refractivity contribution >= 4 is 27.4 Å². The van der Waals surface area contributed by atoms with Crippen LogP contribution in [0.5, 0.6) is 0 Å². The Morgan fingerprint density at radius 1 is 1.29 bits per heavy atom. The molecule has 3 rings (SSSR count). The molecule has 0 saturated carbocycles. The van der Waals surface area contributed by atoms with Gasteiger partial charge in [0.05, 0.1) is 18.5 Å². The highest BCUT2D eigenvalue weighted by Gasteiger charge is 2.20. The standard InChI is InChI=1S/C15H22N4OS/c1-2-19(7-8-20)9-12-17-14(16)13-10-5-3-4-6-11(10)21-15(13)18-12/h20H,2-9H2,1H3,(H2,16,17,18). The van der Waals surface area contributed by atoms with E-state index in [1.807, 2.05) is 0 Å². The number of aliphatic hydroxyl groups excluding tert-OH is 1. The normalized spacial score (nSPS) is 14.8. The van der Waals surface area contributed by atoms with Crippen LogP contribution >= 0.6 is 11.3 Å². The topological polar surface area (TPSA) is 75.3 Å². The number of aryl methyl sites for hydroxylation is 2. The van der Waals surface area contributed by atoms with Gasteiger partial charge in [0.1, 0.15) is 16.5 Å². The predicted octanol–water partition coefficient (Wildman–Crippen LogP) is 1.97. The van der Waals surface area contributed by atoms with Gasteiger partial charge in [0, 0.05) is 11.4 Å². The summed E-state index contributed by atoms with van der Waals surface area (Å²) in [6, 6.07) is 0. The molecule has 1 aliphatic rings. The minimum Gasteiger partial charge on any atom is -0.395 e. The Kier molecular flexibility index (Phi) is 4.37. The summed E-state index contributed by atoms with van der Waals surface area (Å²) in [7, 11) is 0. The van der Waals surface area contributed by atoms with Crippen molar-refractivity contribution in [3.63, 3.8) is 0 Å². The molecular formula is C15H22N4OS. The van der Waals surface area contributed by atoms with Crippen LogP contribution in [0.3, 0.4) is 0 Å². The lowest BCUT2D eigenvalue weighted by atomic mass is 9.97. The fraction of sp³-hybridized carbons (Fsp3) is 0.600. The summed E-state index contributed by atoms with van der Waals surface area (Å²) in [6.45, 7) is 4.36. The highest BCUT2D eigenvalue weighted by molar-refractivity contribution is 7.19. The maximum absolute atomic E-state index is 9.08. The molecule has 0 fully saturated rings. The molecule has 1 aliphatic carbocycles. The van der Waals surface area contributed by atoms with Gasteiger partial charge in [0.2, 0.25) is 0 Å². The minimum atomic E-state index is 0.152. The Balaban J connectivity index is 1.95. The second-order valence-corrected chi connectivity index (χ2v) is 6.59. The molecule has 0 spiro atoms. The van der Waals surface area contributed by atoms with Gasteiger partial charge in [0.25, 0.3) is 0 Å². The minimum absolute atomic E-state index is 0.152. The first-order chi connectivity index (χ1) is 10.2. The third kappa shape index (κ3) is 2.88. The van der Waals surface area contributed by atoms with E-state index in [2.05, 4.69) is 16.8 Å². The van der Waals surface area contributed by atoms with Crippen molar-refractivity contribution in [2.75, 3.05) is 25.4 Å². The van der Waals surface area contributed by atoms with Gasteiger partial charge in [-0.3, -0.25) is 4.90 Å². The van der Waals surface area contributed by atoms with Crippen molar-refractivity contribution in [2.45, 2.75) is 39.2 Å². The van der Waals surface area contributed by atoms with Gasteiger partial charge in [-0.2, -0.15) is 0 Å². The lowest BCUT2D eigenvalue weighted by molar-refractivity contribution is 0.194. The fourth-order valence-electron chi connectivity index (χ4n) is 2.99. The van der Waals surface area contributed by atoms with Gasteiger partial charge in [-0.1, -0.05) is 6.92 Å². The third-order valence-electron chi connectivity index (χ3n) is 4.12. The van der Waals surface area contributed by atoms with Gasteiger partial charge in [-0.15, -0.1) is 11.3 Å². The number of nitrogen functional groups attached to an aromatic ring is 1. The number of nitrogens with zero attached hydrogens (tertiary/aromatic N) is 3. The average molecular weight is 306 g/mol. The van der Waals surface area contributed by atoms with E-state index in [9.17, 15) is 0 Å². The Morgan fingerprint density at radius 3 is 2.86 bits per heavy atom. The Hall–Kier alpha value is -1.24. The van der Waals surface area contributed by atoms with E-state index >= 15 is 0 Å². The summed E-state index contributed by atoms with van der Waals surface area (Å²) < 4.78 is 0. The van der Waals surface area contributed by atoms with Gasteiger partial charge in [-0.05, 0) is 37.8 Å². The van der Waals surface area contributed by atoms with E-state index in [1.165, 1.54) is 23.3 Å². The largest absolute Gasteiger partial charge is 0.395 e. The van der Waals surface area contributed by atoms with Crippen molar-refractivity contribution in [1.82, 2.24) is 14.9 Å². The maximum atomic E-state index is 9.08. The van der Waals surface area contributed by atoms with Gasteiger partial charge in [-0.25, -0.2) is 9.97 Å². The van der Waals surface area contributed by atoms with Crippen molar-refractivity contribution < 1.29 is 5.11 Å². The number of hydrogen-bond donors (Lipinski definition) is 2. The molecule has 21 heavy (non-hydrogen) atoms. The molecule has 0 bridgehead atoms. The molecule has 2 aromatic rings. The molecule has 0 saturated heterocycles. The van der Waals surface area contributed by atoms with E-state index in [-0.39, 0.29) is 6.61 Å². The lowest BCUT2D eigenvalue weighted by Gasteiger charge is -2.18. The van der Waals surface area contributed by atoms with Crippen molar-refractivity contribution in [3.8, 4) is 0 Å². The molecule has 5 nitrogen and oxygen atoms in total. The Labute approximate surface area is 128 Å². The molecule has 2 heterocycles. The zero-order valence-electron chi connectivity index (χ0n) is 12.4. The molecule has 0 atom stereocenters. The first-order valence-corrected chi connectivity index (χ1v) is 8.44. The van der Waals surface area contributed by atoms with E-state index < -0.39 is 0 Å². The zero-order chi connectivity index (χ0) is 14.8. The quantitative estimate of drug-likeness (QED) is 0.883. The first-order valence-electron chi connectivity index (χ1n) is 7.62. The Bertz CT molecular complexity index is 640. The first kappa shape index (κ1) is 14.7. The van der Waals surface area contributed by atoms with Gasteiger partial charge >= 0.3 is 0 Å². The number of rotatable bonds is 5. The average Bonchev–Trinajstić information content (AvgIpc) is 2.85. The van der Waals surface area contributed by atoms with Crippen LogP contribution in [-0.4, -0.2) is 39.7 Å². The van der Waals surface area contributed by atoms with Crippen LogP contribution in [0.15, 0.2) is 0 Å². The number of hydrogen-bond acceptors (Lipinski definition) is 6. The molecule has 3 N–H and O–H groups in total. The second-order valence-electron chi connectivity index (χ2n) is 5.51. The van der Waals surface area contributed by atoms with Gasteiger partial charge < -0.3 is 10.8 Å². The highest BCUT2D eigenvalue weighted by atomic mass is 32.1. The summed E-state index contributed by atoms with van der Waals surface area (Å²) in [4.78, 5) is 13.8. The molecule has 6 heteroatoms. The lowest BCUT2D eigenvalue weighted by Crippen LogP contribution is -2.27. The Morgan fingerprint density at radius 2 is 2.10 bits per heavy atom. The van der Waals surface area contributed by atoms with Crippen molar-refractivity contribution in [1.29, 1.82) is 0 Å². The molecular weight excluding hydrogens is 284 g/mol. The molecule has 2 aromatic heterocycles. The molecule has 0 unspecified atom stereocenters. The zero-order valence-corrected chi connectivity index (χ0v) is 13.2. The molecule has 0 aromatic carbocycles. The number of aliphatic hydroxyl groups is 1. The fourth-order valence-corrected chi connectivity index (χ4v) is 4.28. The van der Waals surface area contributed by atoms with Crippen LogP contribution in [0, 0.1) is 0 Å². The second kappa shape index (κ2) is 6.25. The summed E-state index contributed by atoms with van der Waals surface area (Å²) in [6.07, 6.45) is 4.75. The number of nitrogens with two attached hydrogens (primary N) is 1. The number of thiophene rings is 1. The number of aromatic nitrogens is 2. The summed E-state index contributed by atoms with van der Waals surface area (Å²) in [5.41, 5.74) is 7.59. The van der Waals surface area contributed by atoms with Crippen LogP contribution < -0.4 is 5.73 Å². The predicted molar refractivity (Wildman–Crippen MR) is 86.5 cm³/mol. The number of anilines is 1. The van der Waals surface area contributed by atoms with E-state index in [1.54, 1.807) is 11.3 Å². The van der Waals surface area contributed by atoms with E-state index in [4.69, 9.17) is 15.8 Å². The van der Waals surface area contributed by atoms with Crippen LogP contribution in [0.1, 0.15) is 36.0 Å². The summed E-state index contributed by atoms with van der Waals surface area (Å²) in [5.74, 6) is 1.38. The highest BCUT2D eigenvalue weighted by Crippen LogP contribution is 2.37. The monoisotopic (exact) mass is 306 g/mol. The smallest absolute Gasteiger partial charge is 0.146 e. The van der Waals surface area contributed by atoms with Crippen LogP contribution in [-0.2, 0) is 19.4 Å². The summed E-state index contributed by atoms with van der Waals surface area (Å²) in [5, 5.41) is 10.2. The van der Waals surface area contributed by atoms with Gasteiger partial charge in [0.15, 0.2) is 0 Å². The molecule has 0 aliphatic heterocycles. The molecule has 0 amide bonds. The molecule has 114 valence electrons. The third-order valence-corrected chi connectivity index (χ3v) is 5.30. The van der Waals surface area contributed by atoms with Crippen molar-refractivity contribution in [3.05, 3.63) is 16.3 Å².